The second kappa shape index (κ2) is 13.0. The van der Waals surface area contributed by atoms with Crippen LogP contribution in [0.5, 0.6) is 0 Å². The molecule has 0 radical (unpaired) electrons. The maximum absolute atomic E-state index is 13.3. The van der Waals surface area contributed by atoms with Crippen LogP contribution in [-0.2, 0) is 33.3 Å². The number of ether oxygens (including phenoxy) is 4. The highest BCUT2D eigenvalue weighted by molar-refractivity contribution is 6.39. The zero-order valence-electron chi connectivity index (χ0n) is 23.6. The number of carbonyl (C=O) groups is 3. The molecule has 3 rings (SSSR count). The van der Waals surface area contributed by atoms with Gasteiger partial charge in [-0.15, -0.1) is 0 Å². The third kappa shape index (κ3) is 6.65. The Labute approximate surface area is 225 Å². The molecule has 9 atom stereocenters. The van der Waals surface area contributed by atoms with Crippen LogP contribution in [0.15, 0.2) is 11.6 Å². The van der Waals surface area contributed by atoms with E-state index in [4.69, 9.17) is 18.9 Å². The first-order valence-corrected chi connectivity index (χ1v) is 13.8. The van der Waals surface area contributed by atoms with Gasteiger partial charge in [0.2, 0.25) is 5.79 Å². The SMILES string of the molecule is CO[C@H]1C[C@@H](C)[C@](O)(C(=O)C(=O)N2CCCC[C@H]2C(=O)O[C@@H](C)/C(C)=C/C2CC[C@@H](O)[C@H](OC)C2)OC1C. The van der Waals surface area contributed by atoms with Gasteiger partial charge in [-0.05, 0) is 77.2 Å². The molecule has 0 aromatic carbocycles. The number of esters is 1. The number of methoxy groups -OCH3 is 2. The Hall–Kier alpha value is -1.85. The summed E-state index contributed by atoms with van der Waals surface area (Å²) in [6.45, 7) is 7.22. The van der Waals surface area contributed by atoms with Crippen LogP contribution < -0.4 is 0 Å². The lowest BCUT2D eigenvalue weighted by Crippen LogP contribution is -2.62. The second-order valence-electron chi connectivity index (χ2n) is 11.2. The molecule has 2 unspecified atom stereocenters. The number of likely N-dealkylation sites (tertiary alicyclic amines) is 1. The molecule has 0 bridgehead atoms. The number of hydrogen-bond acceptors (Lipinski definition) is 9. The molecular weight excluding hydrogens is 494 g/mol. The number of piperidine rings is 1. The largest absolute Gasteiger partial charge is 0.457 e. The summed E-state index contributed by atoms with van der Waals surface area (Å²) < 4.78 is 22.1. The first kappa shape index (κ1) is 30.7. The number of hydrogen-bond donors (Lipinski definition) is 2. The van der Waals surface area contributed by atoms with Crippen LogP contribution in [-0.4, -0.2) is 95.9 Å². The second-order valence-corrected chi connectivity index (χ2v) is 11.2. The maximum Gasteiger partial charge on any atom is 0.329 e. The Kier molecular flexibility index (Phi) is 10.5. The van der Waals surface area contributed by atoms with Gasteiger partial charge in [0.25, 0.3) is 11.7 Å². The minimum atomic E-state index is -2.28. The maximum atomic E-state index is 13.3. The van der Waals surface area contributed by atoms with Crippen molar-refractivity contribution in [1.82, 2.24) is 4.90 Å². The highest BCUT2D eigenvalue weighted by atomic mass is 16.7. The first-order chi connectivity index (χ1) is 17.9. The van der Waals surface area contributed by atoms with Gasteiger partial charge in [-0.1, -0.05) is 13.0 Å². The molecule has 216 valence electrons. The molecule has 3 fully saturated rings. The lowest BCUT2D eigenvalue weighted by Gasteiger charge is -2.44. The van der Waals surface area contributed by atoms with E-state index in [1.165, 1.54) is 12.0 Å². The predicted molar refractivity (Wildman–Crippen MR) is 138 cm³/mol. The van der Waals surface area contributed by atoms with Crippen LogP contribution in [0.3, 0.4) is 0 Å². The van der Waals surface area contributed by atoms with Gasteiger partial charge in [0.15, 0.2) is 0 Å². The van der Waals surface area contributed by atoms with Crippen molar-refractivity contribution in [3.8, 4) is 0 Å². The van der Waals surface area contributed by atoms with Crippen LogP contribution in [0.1, 0.15) is 72.6 Å². The quantitative estimate of drug-likeness (QED) is 0.270. The number of aliphatic hydroxyl groups excluding tert-OH is 1. The molecule has 10 nitrogen and oxygen atoms in total. The summed E-state index contributed by atoms with van der Waals surface area (Å²) in [5.41, 5.74) is 0.875. The minimum Gasteiger partial charge on any atom is -0.457 e. The molecule has 38 heavy (non-hydrogen) atoms. The molecule has 0 aromatic heterocycles. The van der Waals surface area contributed by atoms with Gasteiger partial charge in [0.1, 0.15) is 12.1 Å². The number of rotatable bonds is 8. The van der Waals surface area contributed by atoms with Crippen LogP contribution in [0.25, 0.3) is 0 Å². The first-order valence-electron chi connectivity index (χ1n) is 13.8. The molecule has 2 heterocycles. The molecule has 1 aliphatic carbocycles. The Morgan fingerprint density at radius 3 is 2.39 bits per heavy atom. The lowest BCUT2D eigenvalue weighted by molar-refractivity contribution is -0.282. The summed E-state index contributed by atoms with van der Waals surface area (Å²) >= 11 is 0. The van der Waals surface area contributed by atoms with Crippen molar-refractivity contribution < 1.29 is 43.5 Å². The average molecular weight is 540 g/mol. The van der Waals surface area contributed by atoms with Crippen LogP contribution >= 0.6 is 0 Å². The zero-order valence-corrected chi connectivity index (χ0v) is 23.6. The molecule has 1 amide bonds. The summed E-state index contributed by atoms with van der Waals surface area (Å²) in [5, 5.41) is 21.2. The molecule has 0 spiro atoms. The van der Waals surface area contributed by atoms with Crippen molar-refractivity contribution in [3.05, 3.63) is 11.6 Å². The molecule has 2 aliphatic heterocycles. The van der Waals surface area contributed by atoms with E-state index < -0.39 is 53.7 Å². The van der Waals surface area contributed by atoms with Gasteiger partial charge >= 0.3 is 5.97 Å². The number of allylic oxidation sites excluding steroid dienone is 1. The Morgan fingerprint density at radius 2 is 1.74 bits per heavy atom. The number of aliphatic hydroxyl groups is 2. The van der Waals surface area contributed by atoms with Crippen LogP contribution in [0.4, 0.5) is 0 Å². The summed E-state index contributed by atoms with van der Waals surface area (Å²) in [6.07, 6.45) is 4.21. The summed E-state index contributed by atoms with van der Waals surface area (Å²) in [5.74, 6) is -5.32. The van der Waals surface area contributed by atoms with Crippen LogP contribution in [0, 0.1) is 11.8 Å². The fraction of sp³-hybridized carbons (Fsp3) is 0.821. The lowest BCUT2D eigenvalue weighted by atomic mass is 9.84. The monoisotopic (exact) mass is 539 g/mol. The van der Waals surface area contributed by atoms with E-state index in [9.17, 15) is 24.6 Å². The highest BCUT2D eigenvalue weighted by Gasteiger charge is 2.54. The standard InChI is InChI=1S/C28H45NO9/c1-16(13-20-10-11-22(30)24(15-20)36-6)18(3)37-27(33)21-9-7-8-12-29(21)26(32)25(31)28(34)17(2)14-23(35-5)19(4)38-28/h13,17-24,30,34H,7-12,14-15H2,1-6H3/b16-13+/t17-,18+,19?,20?,21+,22-,23+,24-,28-/m1/s1. The molecular formula is C28H45NO9. The zero-order chi connectivity index (χ0) is 28.2. The van der Waals surface area contributed by atoms with Crippen molar-refractivity contribution in [2.45, 2.75) is 115 Å². The van der Waals surface area contributed by atoms with Gasteiger partial charge in [0, 0.05) is 26.7 Å². The van der Waals surface area contributed by atoms with Crippen molar-refractivity contribution >= 4 is 17.7 Å². The number of nitrogens with zero attached hydrogens (tertiary/aromatic N) is 1. The van der Waals surface area contributed by atoms with E-state index in [0.717, 1.165) is 12.0 Å². The smallest absolute Gasteiger partial charge is 0.329 e. The van der Waals surface area contributed by atoms with Gasteiger partial charge in [0.05, 0.1) is 24.4 Å². The van der Waals surface area contributed by atoms with Crippen molar-refractivity contribution in [2.24, 2.45) is 11.8 Å². The fourth-order valence-corrected chi connectivity index (χ4v) is 5.85. The fourth-order valence-electron chi connectivity index (χ4n) is 5.85. The van der Waals surface area contributed by atoms with Crippen molar-refractivity contribution in [1.29, 1.82) is 0 Å². The molecule has 3 aliphatic rings. The Balaban J connectivity index is 1.67. The van der Waals surface area contributed by atoms with Crippen molar-refractivity contribution in [2.75, 3.05) is 20.8 Å². The summed E-state index contributed by atoms with van der Waals surface area (Å²) in [4.78, 5) is 41.1. The van der Waals surface area contributed by atoms with E-state index in [-0.39, 0.29) is 24.7 Å². The van der Waals surface area contributed by atoms with E-state index in [1.807, 2.05) is 6.92 Å². The molecule has 1 saturated carbocycles. The number of Topliss-reactive ketones (excluding diaryl/α,β-unsaturated/α-hetero) is 1. The van der Waals surface area contributed by atoms with Crippen molar-refractivity contribution in [3.63, 3.8) is 0 Å². The van der Waals surface area contributed by atoms with Gasteiger partial charge in [-0.2, -0.15) is 0 Å². The van der Waals surface area contributed by atoms with E-state index >= 15 is 0 Å². The highest BCUT2D eigenvalue weighted by Crippen LogP contribution is 2.35. The third-order valence-corrected chi connectivity index (χ3v) is 8.53. The normalized spacial score (nSPS) is 37.4. The molecule has 2 N–H and O–H groups in total. The van der Waals surface area contributed by atoms with Gasteiger partial charge < -0.3 is 34.1 Å². The third-order valence-electron chi connectivity index (χ3n) is 8.53. The van der Waals surface area contributed by atoms with E-state index in [0.29, 0.717) is 38.5 Å². The number of amides is 1. The predicted octanol–water partition coefficient (Wildman–Crippen LogP) is 2.14. The Bertz CT molecular complexity index is 892. The topological polar surface area (TPSA) is 132 Å². The minimum absolute atomic E-state index is 0.202. The summed E-state index contributed by atoms with van der Waals surface area (Å²) in [7, 11) is 3.13. The van der Waals surface area contributed by atoms with Crippen LogP contribution in [0.2, 0.25) is 0 Å². The molecule has 10 heteroatoms. The molecule has 0 aromatic rings. The summed E-state index contributed by atoms with van der Waals surface area (Å²) in [6, 6.07) is -0.912. The van der Waals surface area contributed by atoms with E-state index in [2.05, 4.69) is 6.08 Å². The van der Waals surface area contributed by atoms with E-state index in [1.54, 1.807) is 27.9 Å². The number of carbonyl (C=O) groups excluding carboxylic acids is 3. The molecule has 2 saturated heterocycles. The van der Waals surface area contributed by atoms with Gasteiger partial charge in [-0.3, -0.25) is 9.59 Å². The average Bonchev–Trinajstić information content (AvgIpc) is 2.90. The van der Waals surface area contributed by atoms with Gasteiger partial charge in [-0.25, -0.2) is 4.79 Å². The number of ketones is 1. The Morgan fingerprint density at radius 1 is 1.05 bits per heavy atom.